The van der Waals surface area contributed by atoms with Gasteiger partial charge in [0, 0.05) is 38.3 Å². The van der Waals surface area contributed by atoms with Gasteiger partial charge in [-0.25, -0.2) is 4.85 Å². The molecule has 0 aliphatic carbocycles. The van der Waals surface area contributed by atoms with Crippen LogP contribution in [0.4, 0.5) is 5.69 Å². The monoisotopic (exact) mass is 599 g/mol. The number of fused-ring (bicyclic) bond motifs is 11. The van der Waals surface area contributed by atoms with Crippen molar-refractivity contribution in [1.82, 2.24) is 9.13 Å². The van der Waals surface area contributed by atoms with Gasteiger partial charge < -0.3 is 13.6 Å². The fraction of sp³-hybridized carbons (Fsp3) is 0. The molecule has 47 heavy (non-hydrogen) atoms. The van der Waals surface area contributed by atoms with E-state index in [0.29, 0.717) is 5.69 Å². The highest BCUT2D eigenvalue weighted by molar-refractivity contribution is 6.30. The van der Waals surface area contributed by atoms with Crippen LogP contribution in [0.5, 0.6) is 0 Å². The molecule has 4 heteroatoms. The Morgan fingerprint density at radius 3 is 2.00 bits per heavy atom. The van der Waals surface area contributed by atoms with Crippen molar-refractivity contribution in [3.8, 4) is 22.5 Å². The normalized spacial score (nSPS) is 11.8. The van der Waals surface area contributed by atoms with Gasteiger partial charge in [-0.15, -0.1) is 0 Å². The first-order valence-corrected chi connectivity index (χ1v) is 15.7. The molecule has 0 fully saturated rings. The van der Waals surface area contributed by atoms with Gasteiger partial charge in [0.1, 0.15) is 11.2 Å². The molecule has 0 spiro atoms. The van der Waals surface area contributed by atoms with Crippen LogP contribution >= 0.6 is 0 Å². The van der Waals surface area contributed by atoms with E-state index in [-0.39, 0.29) is 0 Å². The average molecular weight is 600 g/mol. The van der Waals surface area contributed by atoms with Crippen LogP contribution in [-0.4, -0.2) is 9.13 Å². The number of hydrogen-bond acceptors (Lipinski definition) is 1. The van der Waals surface area contributed by atoms with E-state index >= 15 is 0 Å². The van der Waals surface area contributed by atoms with E-state index in [0.717, 1.165) is 77.3 Å². The summed E-state index contributed by atoms with van der Waals surface area (Å²) >= 11 is 0. The molecule has 0 bridgehead atoms. The van der Waals surface area contributed by atoms with Gasteiger partial charge >= 0.3 is 0 Å². The SMILES string of the molecule is [C-]#[N+]c1ccc(-c2cccc(-n3c4ccccc4c4c3ccc3c5c6oc7ccccc7c6ccc5n(-c5ccccc5)c34)c2)cc1. The van der Waals surface area contributed by atoms with Crippen LogP contribution in [0, 0.1) is 6.57 Å². The molecule has 4 nitrogen and oxygen atoms in total. The highest BCUT2D eigenvalue weighted by Gasteiger charge is 2.23. The first kappa shape index (κ1) is 25.7. The van der Waals surface area contributed by atoms with E-state index in [1.165, 1.54) is 10.8 Å². The lowest BCUT2D eigenvalue weighted by atomic mass is 10.0. The summed E-state index contributed by atoms with van der Waals surface area (Å²) in [5, 5.41) is 6.95. The lowest BCUT2D eigenvalue weighted by Crippen LogP contribution is -1.95. The Balaban J connectivity index is 1.35. The van der Waals surface area contributed by atoms with Crippen molar-refractivity contribution in [2.45, 2.75) is 0 Å². The summed E-state index contributed by atoms with van der Waals surface area (Å²) in [7, 11) is 0. The summed E-state index contributed by atoms with van der Waals surface area (Å²) in [6.07, 6.45) is 0. The minimum atomic E-state index is 0.644. The molecule has 0 aliphatic heterocycles. The number of hydrogen-bond donors (Lipinski definition) is 0. The van der Waals surface area contributed by atoms with Crippen LogP contribution in [0.2, 0.25) is 0 Å². The molecule has 3 heterocycles. The van der Waals surface area contributed by atoms with Crippen LogP contribution in [-0.2, 0) is 0 Å². The van der Waals surface area contributed by atoms with E-state index in [2.05, 4.69) is 135 Å². The van der Waals surface area contributed by atoms with Gasteiger partial charge in [-0.1, -0.05) is 91.0 Å². The fourth-order valence-electron chi connectivity index (χ4n) is 7.50. The van der Waals surface area contributed by atoms with Gasteiger partial charge in [-0.3, -0.25) is 0 Å². The van der Waals surface area contributed by atoms with E-state index in [9.17, 15) is 0 Å². The van der Waals surface area contributed by atoms with Crippen molar-refractivity contribution < 1.29 is 4.42 Å². The molecule has 0 saturated carbocycles. The first-order chi connectivity index (χ1) is 23.3. The van der Waals surface area contributed by atoms with Gasteiger partial charge in [-0.05, 0) is 71.8 Å². The zero-order valence-corrected chi connectivity index (χ0v) is 25.2. The Morgan fingerprint density at radius 1 is 0.468 bits per heavy atom. The molecule has 0 aliphatic rings. The zero-order chi connectivity index (χ0) is 31.1. The minimum absolute atomic E-state index is 0.644. The maximum absolute atomic E-state index is 7.34. The number of rotatable bonds is 3. The Kier molecular flexibility index (Phi) is 5.32. The Labute approximate surface area is 269 Å². The Bertz CT molecular complexity index is 2900. The molecule has 10 aromatic rings. The van der Waals surface area contributed by atoms with E-state index < -0.39 is 0 Å². The molecule has 218 valence electrons. The van der Waals surface area contributed by atoms with Crippen LogP contribution in [0.15, 0.2) is 156 Å². The van der Waals surface area contributed by atoms with E-state index in [1.54, 1.807) is 0 Å². The summed E-state index contributed by atoms with van der Waals surface area (Å²) in [5.41, 5.74) is 11.4. The smallest absolute Gasteiger partial charge is 0.187 e. The number of para-hydroxylation sites is 3. The van der Waals surface area contributed by atoms with Gasteiger partial charge in [0.25, 0.3) is 0 Å². The van der Waals surface area contributed by atoms with E-state index in [4.69, 9.17) is 11.0 Å². The molecule has 7 aromatic carbocycles. The first-order valence-electron chi connectivity index (χ1n) is 15.7. The van der Waals surface area contributed by atoms with Crippen molar-refractivity contribution in [2.75, 3.05) is 0 Å². The highest BCUT2D eigenvalue weighted by atomic mass is 16.3. The average Bonchev–Trinajstić information content (AvgIpc) is 3.79. The highest BCUT2D eigenvalue weighted by Crippen LogP contribution is 2.45. The third-order valence-electron chi connectivity index (χ3n) is 9.52. The van der Waals surface area contributed by atoms with Gasteiger partial charge in [-0.2, -0.15) is 0 Å². The standard InChI is InChI=1S/C43H25N3O/c1-44-29-20-18-27(19-21-29)28-10-9-13-31(26-28)45-36-16-7-5-15-34(36)40-37(45)25-23-35-41-38(46(42(35)40)30-11-3-2-4-12-30)24-22-33-32-14-6-8-17-39(32)47-43(33)41/h2-26H. The maximum Gasteiger partial charge on any atom is 0.187 e. The summed E-state index contributed by atoms with van der Waals surface area (Å²) in [4.78, 5) is 3.57. The Hall–Kier alpha value is -6.57. The van der Waals surface area contributed by atoms with Crippen molar-refractivity contribution in [3.63, 3.8) is 0 Å². The topological polar surface area (TPSA) is 27.4 Å². The number of furan rings is 1. The summed E-state index contributed by atoms with van der Waals surface area (Å²) in [5.74, 6) is 0. The second kappa shape index (κ2) is 9.71. The Morgan fingerprint density at radius 2 is 1.17 bits per heavy atom. The number of nitrogens with zero attached hydrogens (tertiary/aromatic N) is 3. The summed E-state index contributed by atoms with van der Waals surface area (Å²) < 4.78 is 11.4. The lowest BCUT2D eigenvalue weighted by molar-refractivity contribution is 0.673. The largest absolute Gasteiger partial charge is 0.455 e. The quantitative estimate of drug-likeness (QED) is 0.186. The molecule has 0 saturated heterocycles. The van der Waals surface area contributed by atoms with Crippen LogP contribution in [0.3, 0.4) is 0 Å². The summed E-state index contributed by atoms with van der Waals surface area (Å²) in [6.45, 7) is 7.34. The molecule has 0 unspecified atom stereocenters. The predicted molar refractivity (Wildman–Crippen MR) is 194 cm³/mol. The molecule has 0 atom stereocenters. The van der Waals surface area contributed by atoms with Gasteiger partial charge in [0.15, 0.2) is 5.69 Å². The molecule has 0 N–H and O–H groups in total. The van der Waals surface area contributed by atoms with Gasteiger partial charge in [0.2, 0.25) is 0 Å². The van der Waals surface area contributed by atoms with E-state index in [1.807, 2.05) is 30.3 Å². The van der Waals surface area contributed by atoms with Crippen LogP contribution in [0.1, 0.15) is 0 Å². The molecular formula is C43H25N3O. The maximum atomic E-state index is 7.34. The number of benzene rings is 7. The molecule has 0 radical (unpaired) electrons. The van der Waals surface area contributed by atoms with Crippen molar-refractivity contribution in [2.24, 2.45) is 0 Å². The van der Waals surface area contributed by atoms with Crippen molar-refractivity contribution in [3.05, 3.63) is 163 Å². The molecule has 3 aromatic heterocycles. The fourth-order valence-corrected chi connectivity index (χ4v) is 7.50. The molecular weight excluding hydrogens is 574 g/mol. The third kappa shape index (κ3) is 3.63. The summed E-state index contributed by atoms with van der Waals surface area (Å²) in [6, 6.07) is 53.1. The van der Waals surface area contributed by atoms with Crippen molar-refractivity contribution in [1.29, 1.82) is 0 Å². The molecule has 10 rings (SSSR count). The predicted octanol–water partition coefficient (Wildman–Crippen LogP) is 12.0. The third-order valence-corrected chi connectivity index (χ3v) is 9.52. The van der Waals surface area contributed by atoms with Crippen LogP contribution in [0.25, 0.3) is 92.9 Å². The van der Waals surface area contributed by atoms with Gasteiger partial charge in [0.05, 0.1) is 34.0 Å². The lowest BCUT2D eigenvalue weighted by Gasteiger charge is -2.11. The molecule has 0 amide bonds. The van der Waals surface area contributed by atoms with Crippen molar-refractivity contribution >= 4 is 71.2 Å². The number of aromatic nitrogens is 2. The minimum Gasteiger partial charge on any atom is -0.455 e. The zero-order valence-electron chi connectivity index (χ0n) is 25.2. The van der Waals surface area contributed by atoms with Crippen LogP contribution < -0.4 is 0 Å². The second-order valence-corrected chi connectivity index (χ2v) is 12.0. The second-order valence-electron chi connectivity index (χ2n) is 12.0.